The topological polar surface area (TPSA) is 46.2 Å². The molecule has 1 rings (SSSR count). The van der Waals surface area contributed by atoms with E-state index in [0.717, 1.165) is 22.0 Å². The van der Waals surface area contributed by atoms with Crippen LogP contribution < -0.4 is 5.73 Å². The van der Waals surface area contributed by atoms with E-state index in [4.69, 9.17) is 5.73 Å². The van der Waals surface area contributed by atoms with Crippen LogP contribution in [-0.2, 0) is 6.42 Å². The van der Waals surface area contributed by atoms with Crippen LogP contribution in [0.4, 0.5) is 0 Å². The van der Waals surface area contributed by atoms with Crippen molar-refractivity contribution < 1.29 is 5.11 Å². The first-order valence-electron chi connectivity index (χ1n) is 3.83. The number of rotatable bonds is 2. The van der Waals surface area contributed by atoms with E-state index in [9.17, 15) is 5.11 Å². The Hall–Kier alpha value is -0.540. The zero-order valence-corrected chi connectivity index (χ0v) is 8.56. The molecule has 0 aliphatic heterocycles. The molecule has 0 aliphatic carbocycles. The van der Waals surface area contributed by atoms with Crippen molar-refractivity contribution in [1.82, 2.24) is 0 Å². The van der Waals surface area contributed by atoms with Crippen LogP contribution in [0, 0.1) is 6.92 Å². The molecule has 0 saturated heterocycles. The Morgan fingerprint density at radius 1 is 1.50 bits per heavy atom. The minimum Gasteiger partial charge on any atom is -0.506 e. The fourth-order valence-corrected chi connectivity index (χ4v) is 1.73. The average Bonchev–Trinajstić information content (AvgIpc) is 2.01. The molecule has 2 nitrogen and oxygen atoms in total. The highest BCUT2D eigenvalue weighted by Gasteiger charge is 2.03. The van der Waals surface area contributed by atoms with Gasteiger partial charge in [0.25, 0.3) is 0 Å². The number of phenols is 1. The van der Waals surface area contributed by atoms with Crippen molar-refractivity contribution in [2.45, 2.75) is 13.3 Å². The van der Waals surface area contributed by atoms with Gasteiger partial charge in [-0.3, -0.25) is 0 Å². The van der Waals surface area contributed by atoms with Gasteiger partial charge in [-0.15, -0.1) is 0 Å². The summed E-state index contributed by atoms with van der Waals surface area (Å²) >= 11 is 3.28. The van der Waals surface area contributed by atoms with Gasteiger partial charge in [-0.1, -0.05) is 6.07 Å². The maximum atomic E-state index is 9.42. The van der Waals surface area contributed by atoms with Gasteiger partial charge in [0.15, 0.2) is 0 Å². The minimum absolute atomic E-state index is 0.316. The number of benzene rings is 1. The standard InChI is InChI=1S/C9H12BrNO/c1-6-4-7(2-3-11)5-8(10)9(6)12/h4-5,12H,2-3,11H2,1H3. The van der Waals surface area contributed by atoms with Gasteiger partial charge in [-0.25, -0.2) is 0 Å². The van der Waals surface area contributed by atoms with Crippen LogP contribution in [0.2, 0.25) is 0 Å². The Labute approximate surface area is 80.5 Å². The van der Waals surface area contributed by atoms with Crippen LogP contribution in [0.25, 0.3) is 0 Å². The molecule has 0 spiro atoms. The van der Waals surface area contributed by atoms with Crippen LogP contribution >= 0.6 is 15.9 Å². The molecule has 66 valence electrons. The first-order chi connectivity index (χ1) is 5.65. The summed E-state index contributed by atoms with van der Waals surface area (Å²) < 4.78 is 0.742. The van der Waals surface area contributed by atoms with Crippen LogP contribution in [0.15, 0.2) is 16.6 Å². The van der Waals surface area contributed by atoms with E-state index < -0.39 is 0 Å². The number of phenolic OH excluding ortho intramolecular Hbond substituents is 1. The van der Waals surface area contributed by atoms with Crippen molar-refractivity contribution in [2.24, 2.45) is 5.73 Å². The van der Waals surface area contributed by atoms with Gasteiger partial charge < -0.3 is 10.8 Å². The van der Waals surface area contributed by atoms with E-state index in [1.165, 1.54) is 0 Å². The number of halogens is 1. The van der Waals surface area contributed by atoms with Gasteiger partial charge in [0.2, 0.25) is 0 Å². The second-order valence-electron chi connectivity index (χ2n) is 2.78. The molecule has 0 unspecified atom stereocenters. The molecule has 3 heteroatoms. The van der Waals surface area contributed by atoms with Gasteiger partial charge in [0, 0.05) is 0 Å². The molecule has 0 bridgehead atoms. The zero-order valence-electron chi connectivity index (χ0n) is 6.97. The molecule has 0 fully saturated rings. The largest absolute Gasteiger partial charge is 0.506 e. The Balaban J connectivity index is 3.04. The molecule has 0 heterocycles. The molecule has 0 radical (unpaired) electrons. The summed E-state index contributed by atoms with van der Waals surface area (Å²) in [4.78, 5) is 0. The van der Waals surface area contributed by atoms with E-state index >= 15 is 0 Å². The molecular formula is C9H12BrNO. The SMILES string of the molecule is Cc1cc(CCN)cc(Br)c1O. The third-order valence-corrected chi connectivity index (χ3v) is 2.35. The molecule has 1 aromatic rings. The summed E-state index contributed by atoms with van der Waals surface area (Å²) in [5, 5.41) is 9.42. The van der Waals surface area contributed by atoms with Crippen molar-refractivity contribution in [2.75, 3.05) is 6.54 Å². The highest BCUT2D eigenvalue weighted by Crippen LogP contribution is 2.28. The predicted molar refractivity (Wildman–Crippen MR) is 53.3 cm³/mol. The molecule has 0 saturated carbocycles. The van der Waals surface area contributed by atoms with Gasteiger partial charge in [-0.05, 0) is 53.0 Å². The van der Waals surface area contributed by atoms with Crippen molar-refractivity contribution in [3.8, 4) is 5.75 Å². The quantitative estimate of drug-likeness (QED) is 0.815. The number of aromatic hydroxyl groups is 1. The maximum absolute atomic E-state index is 9.42. The summed E-state index contributed by atoms with van der Waals surface area (Å²) in [5.74, 6) is 0.316. The van der Waals surface area contributed by atoms with E-state index in [1.54, 1.807) is 0 Å². The lowest BCUT2D eigenvalue weighted by Crippen LogP contribution is -2.02. The summed E-state index contributed by atoms with van der Waals surface area (Å²) in [7, 11) is 0. The van der Waals surface area contributed by atoms with Gasteiger partial charge in [-0.2, -0.15) is 0 Å². The van der Waals surface area contributed by atoms with Crippen molar-refractivity contribution in [3.63, 3.8) is 0 Å². The van der Waals surface area contributed by atoms with Crippen molar-refractivity contribution in [3.05, 3.63) is 27.7 Å². The smallest absolute Gasteiger partial charge is 0.132 e. The van der Waals surface area contributed by atoms with Gasteiger partial charge >= 0.3 is 0 Å². The molecule has 1 aromatic carbocycles. The maximum Gasteiger partial charge on any atom is 0.132 e. The predicted octanol–water partition coefficient (Wildman–Crippen LogP) is 1.96. The first kappa shape index (κ1) is 9.55. The summed E-state index contributed by atoms with van der Waals surface area (Å²) in [5.41, 5.74) is 7.46. The van der Waals surface area contributed by atoms with Gasteiger partial charge in [0.05, 0.1) is 4.47 Å². The zero-order chi connectivity index (χ0) is 9.14. The molecular weight excluding hydrogens is 218 g/mol. The molecule has 0 aromatic heterocycles. The highest BCUT2D eigenvalue weighted by molar-refractivity contribution is 9.10. The third-order valence-electron chi connectivity index (χ3n) is 1.75. The normalized spacial score (nSPS) is 10.2. The molecule has 3 N–H and O–H groups in total. The summed E-state index contributed by atoms with van der Waals surface area (Å²) in [6, 6.07) is 3.85. The average molecular weight is 230 g/mol. The van der Waals surface area contributed by atoms with E-state index in [0.29, 0.717) is 12.3 Å². The second kappa shape index (κ2) is 3.92. The van der Waals surface area contributed by atoms with E-state index in [1.807, 2.05) is 19.1 Å². The Morgan fingerprint density at radius 3 is 2.67 bits per heavy atom. The minimum atomic E-state index is 0.316. The van der Waals surface area contributed by atoms with E-state index in [-0.39, 0.29) is 0 Å². The summed E-state index contributed by atoms with van der Waals surface area (Å²) in [6.45, 7) is 2.51. The lowest BCUT2D eigenvalue weighted by molar-refractivity contribution is 0.467. The second-order valence-corrected chi connectivity index (χ2v) is 3.64. The lowest BCUT2D eigenvalue weighted by Gasteiger charge is -2.05. The van der Waals surface area contributed by atoms with Gasteiger partial charge in [0.1, 0.15) is 5.75 Å². The Bertz CT molecular complexity index is 263. The summed E-state index contributed by atoms with van der Waals surface area (Å²) in [6.07, 6.45) is 0.847. The molecule has 0 amide bonds. The fourth-order valence-electron chi connectivity index (χ4n) is 1.12. The van der Waals surface area contributed by atoms with Crippen molar-refractivity contribution in [1.29, 1.82) is 0 Å². The fraction of sp³-hybridized carbons (Fsp3) is 0.333. The molecule has 12 heavy (non-hydrogen) atoms. The van der Waals surface area contributed by atoms with Crippen LogP contribution in [0.3, 0.4) is 0 Å². The molecule has 0 atom stereocenters. The molecule has 0 aliphatic rings. The Kier molecular flexibility index (Phi) is 3.12. The number of hydrogen-bond acceptors (Lipinski definition) is 2. The van der Waals surface area contributed by atoms with Crippen LogP contribution in [0.5, 0.6) is 5.75 Å². The monoisotopic (exact) mass is 229 g/mol. The van der Waals surface area contributed by atoms with Crippen molar-refractivity contribution >= 4 is 15.9 Å². The Morgan fingerprint density at radius 2 is 2.17 bits per heavy atom. The van der Waals surface area contributed by atoms with Crippen LogP contribution in [-0.4, -0.2) is 11.7 Å². The third kappa shape index (κ3) is 1.99. The number of aryl methyl sites for hydroxylation is 1. The van der Waals surface area contributed by atoms with Crippen LogP contribution in [0.1, 0.15) is 11.1 Å². The first-order valence-corrected chi connectivity index (χ1v) is 4.62. The lowest BCUT2D eigenvalue weighted by atomic mass is 10.1. The highest BCUT2D eigenvalue weighted by atomic mass is 79.9. The number of nitrogens with two attached hydrogens (primary N) is 1. The van der Waals surface area contributed by atoms with E-state index in [2.05, 4.69) is 15.9 Å². The number of hydrogen-bond donors (Lipinski definition) is 2.